The lowest BCUT2D eigenvalue weighted by molar-refractivity contribution is -0.808. The van der Waals surface area contributed by atoms with Crippen molar-refractivity contribution in [2.75, 3.05) is 6.54 Å². The molecule has 1 aliphatic heterocycles. The number of thiocarbonyl (C=S) groups is 1. The smallest absolute Gasteiger partial charge is 0.292 e. The van der Waals surface area contributed by atoms with Gasteiger partial charge in [0.25, 0.3) is 6.17 Å². The van der Waals surface area contributed by atoms with Gasteiger partial charge in [-0.25, -0.2) is 0 Å². The average molecular weight is 324 g/mol. The van der Waals surface area contributed by atoms with Crippen LogP contribution in [-0.2, 0) is 0 Å². The van der Waals surface area contributed by atoms with Crippen molar-refractivity contribution in [3.63, 3.8) is 0 Å². The zero-order chi connectivity index (χ0) is 15.6. The first-order valence-corrected chi connectivity index (χ1v) is 8.46. The fourth-order valence-corrected chi connectivity index (χ4v) is 4.54. The van der Waals surface area contributed by atoms with Gasteiger partial charge in [-0.3, -0.25) is 10.1 Å². The molecule has 0 bridgehead atoms. The maximum absolute atomic E-state index is 10.6. The van der Waals surface area contributed by atoms with E-state index in [-0.39, 0.29) is 10.9 Å². The highest BCUT2D eigenvalue weighted by atomic mass is 32.2. The molecule has 21 heavy (non-hydrogen) atoms. The van der Waals surface area contributed by atoms with Crippen LogP contribution >= 0.6 is 24.0 Å². The first-order valence-electron chi connectivity index (χ1n) is 7.23. The zero-order valence-corrected chi connectivity index (χ0v) is 14.7. The van der Waals surface area contributed by atoms with Gasteiger partial charge in [-0.15, -0.1) is 0 Å². The Morgan fingerprint density at radius 2 is 2.00 bits per heavy atom. The van der Waals surface area contributed by atoms with Gasteiger partial charge >= 0.3 is 0 Å². The first-order chi connectivity index (χ1) is 9.85. The van der Waals surface area contributed by atoms with E-state index < -0.39 is 0 Å². The summed E-state index contributed by atoms with van der Waals surface area (Å²) in [6, 6.07) is 8.11. The summed E-state index contributed by atoms with van der Waals surface area (Å²) in [6.45, 7) is 9.28. The third-order valence-corrected chi connectivity index (χ3v) is 5.21. The maximum atomic E-state index is 10.6. The lowest BCUT2D eigenvalue weighted by atomic mass is 10.1. The molecule has 1 atom stereocenters. The zero-order valence-electron chi connectivity index (χ0n) is 13.0. The molecule has 1 N–H and O–H groups in total. The van der Waals surface area contributed by atoms with E-state index >= 15 is 0 Å². The van der Waals surface area contributed by atoms with Crippen molar-refractivity contribution in [1.29, 1.82) is 0 Å². The van der Waals surface area contributed by atoms with Gasteiger partial charge < -0.3 is 0 Å². The van der Waals surface area contributed by atoms with Crippen LogP contribution < -0.4 is 0 Å². The van der Waals surface area contributed by atoms with Crippen LogP contribution in [0.15, 0.2) is 24.3 Å². The fourth-order valence-electron chi connectivity index (χ4n) is 2.60. The van der Waals surface area contributed by atoms with E-state index in [9.17, 15) is 5.21 Å². The van der Waals surface area contributed by atoms with Crippen LogP contribution in [0.1, 0.15) is 38.3 Å². The van der Waals surface area contributed by atoms with Crippen molar-refractivity contribution in [2.24, 2.45) is 0 Å². The molecule has 114 valence electrons. The summed E-state index contributed by atoms with van der Waals surface area (Å²) >= 11 is 7.13. The third kappa shape index (κ3) is 3.58. The Kier molecular flexibility index (Phi) is 4.94. The van der Waals surface area contributed by atoms with E-state index in [1.807, 2.05) is 24.3 Å². The normalized spacial score (nSPS) is 21.9. The van der Waals surface area contributed by atoms with Crippen LogP contribution in [0, 0.1) is 6.92 Å². The van der Waals surface area contributed by atoms with E-state index in [0.29, 0.717) is 0 Å². The SMILES string of the molecule is CCCN1C(=S)SC(C)(C)C1[N+](O)=Cc1ccc(C)cc1. The number of nitrogens with zero attached hydrogens (tertiary/aromatic N) is 2. The van der Waals surface area contributed by atoms with E-state index in [4.69, 9.17) is 12.2 Å². The molecule has 0 saturated carbocycles. The topological polar surface area (TPSA) is 26.5 Å². The molecule has 1 fully saturated rings. The highest BCUT2D eigenvalue weighted by molar-refractivity contribution is 8.24. The monoisotopic (exact) mass is 323 g/mol. The Labute approximate surface area is 136 Å². The lowest BCUT2D eigenvalue weighted by Gasteiger charge is -2.24. The van der Waals surface area contributed by atoms with Gasteiger partial charge in [0.1, 0.15) is 9.07 Å². The number of rotatable bonds is 4. The molecule has 1 unspecified atom stereocenters. The molecule has 1 aliphatic rings. The largest absolute Gasteiger partial charge is 0.295 e. The molecule has 0 amide bonds. The van der Waals surface area contributed by atoms with Gasteiger partial charge in [0.2, 0.25) is 6.21 Å². The second-order valence-corrected chi connectivity index (χ2v) is 8.25. The van der Waals surface area contributed by atoms with Crippen molar-refractivity contribution in [3.8, 4) is 0 Å². The summed E-state index contributed by atoms with van der Waals surface area (Å²) in [4.78, 5) is 2.12. The molecule has 0 spiro atoms. The molecule has 0 aliphatic carbocycles. The Morgan fingerprint density at radius 1 is 1.38 bits per heavy atom. The molecule has 0 radical (unpaired) electrons. The predicted molar refractivity (Wildman–Crippen MR) is 93.4 cm³/mol. The molecule has 1 aromatic carbocycles. The number of hydrogen-bond donors (Lipinski definition) is 1. The molecule has 0 aromatic heterocycles. The van der Waals surface area contributed by atoms with Crippen LogP contribution in [0.5, 0.6) is 0 Å². The molecular formula is C16H23N2OS2+. The van der Waals surface area contributed by atoms with Crippen molar-refractivity contribution >= 4 is 34.5 Å². The predicted octanol–water partition coefficient (Wildman–Crippen LogP) is 3.66. The highest BCUT2D eigenvalue weighted by Crippen LogP contribution is 2.41. The second-order valence-electron chi connectivity index (χ2n) is 5.96. The maximum Gasteiger partial charge on any atom is 0.292 e. The Bertz CT molecular complexity index is 552. The molecule has 1 saturated heterocycles. The fraction of sp³-hybridized carbons (Fsp3) is 0.500. The molecule has 1 heterocycles. The van der Waals surface area contributed by atoms with Crippen LogP contribution in [0.4, 0.5) is 0 Å². The van der Waals surface area contributed by atoms with Crippen molar-refractivity contribution < 1.29 is 9.95 Å². The summed E-state index contributed by atoms with van der Waals surface area (Å²) in [5.74, 6) is 0. The molecule has 1 aromatic rings. The summed E-state index contributed by atoms with van der Waals surface area (Å²) in [5.41, 5.74) is 2.19. The minimum Gasteiger partial charge on any atom is -0.295 e. The number of thioether (sulfide) groups is 1. The third-order valence-electron chi connectivity index (χ3n) is 3.58. The van der Waals surface area contributed by atoms with Gasteiger partial charge in [-0.2, -0.15) is 0 Å². The van der Waals surface area contributed by atoms with E-state index in [1.54, 1.807) is 18.0 Å². The number of benzene rings is 1. The van der Waals surface area contributed by atoms with Crippen LogP contribution in [-0.4, -0.2) is 42.8 Å². The van der Waals surface area contributed by atoms with Crippen LogP contribution in [0.25, 0.3) is 0 Å². The first kappa shape index (κ1) is 16.3. The average Bonchev–Trinajstić information content (AvgIpc) is 2.62. The highest BCUT2D eigenvalue weighted by Gasteiger charge is 2.52. The summed E-state index contributed by atoms with van der Waals surface area (Å²) in [7, 11) is 0. The quantitative estimate of drug-likeness (QED) is 0.301. The van der Waals surface area contributed by atoms with Crippen molar-refractivity contribution in [2.45, 2.75) is 45.0 Å². The van der Waals surface area contributed by atoms with Crippen molar-refractivity contribution in [1.82, 2.24) is 4.90 Å². The summed E-state index contributed by atoms with van der Waals surface area (Å²) in [6.07, 6.45) is 2.64. The number of aryl methyl sites for hydroxylation is 1. The minimum atomic E-state index is -0.151. The van der Waals surface area contributed by atoms with Gasteiger partial charge in [0.05, 0.1) is 0 Å². The van der Waals surface area contributed by atoms with E-state index in [2.05, 4.69) is 32.6 Å². The molecule has 3 nitrogen and oxygen atoms in total. The van der Waals surface area contributed by atoms with Gasteiger partial charge in [0.15, 0.2) is 0 Å². The van der Waals surface area contributed by atoms with Crippen LogP contribution in [0.2, 0.25) is 0 Å². The second kappa shape index (κ2) is 6.36. The van der Waals surface area contributed by atoms with E-state index in [1.165, 1.54) is 10.3 Å². The molecule has 5 heteroatoms. The van der Waals surface area contributed by atoms with Gasteiger partial charge in [-0.05, 0) is 44.1 Å². The number of hydrogen-bond acceptors (Lipinski definition) is 3. The Morgan fingerprint density at radius 3 is 2.57 bits per heavy atom. The van der Waals surface area contributed by atoms with Crippen LogP contribution in [0.3, 0.4) is 0 Å². The molecule has 2 rings (SSSR count). The van der Waals surface area contributed by atoms with Crippen molar-refractivity contribution in [3.05, 3.63) is 35.4 Å². The molecular weight excluding hydrogens is 300 g/mol. The lowest BCUT2D eigenvalue weighted by Crippen LogP contribution is -2.48. The Balaban J connectivity index is 2.31. The summed E-state index contributed by atoms with van der Waals surface area (Å²) < 4.78 is 2.03. The Hall–Kier alpha value is -1.07. The standard InChI is InChI=1S/C16H23N2OS2/c1-5-10-17-14(16(3,4)21-15(17)20)18(19)11-13-8-6-12(2)7-9-13/h6-9,11,14,19H,5,10H2,1-4H3/q+1. The number of hydroxylamine groups is 1. The van der Waals surface area contributed by atoms with Gasteiger partial charge in [0, 0.05) is 12.1 Å². The van der Waals surface area contributed by atoms with E-state index in [0.717, 1.165) is 22.8 Å². The van der Waals surface area contributed by atoms with Gasteiger partial charge in [-0.1, -0.05) is 48.6 Å². The minimum absolute atomic E-state index is 0.142. The summed E-state index contributed by atoms with van der Waals surface area (Å²) in [5, 5.41) is 10.6.